The van der Waals surface area contributed by atoms with Crippen LogP contribution in [0.1, 0.15) is 43.7 Å². The Bertz CT molecular complexity index is 797. The molecule has 1 aliphatic rings. The number of methoxy groups -OCH3 is 1. The summed E-state index contributed by atoms with van der Waals surface area (Å²) in [6.07, 6.45) is 4.95. The van der Waals surface area contributed by atoms with Crippen LogP contribution in [0.15, 0.2) is 28.4 Å². The molecule has 2 aromatic heterocycles. The summed E-state index contributed by atoms with van der Waals surface area (Å²) in [5, 5.41) is 11.7. The maximum atomic E-state index is 12.0. The van der Waals surface area contributed by atoms with Crippen LogP contribution in [0.5, 0.6) is 0 Å². The van der Waals surface area contributed by atoms with E-state index in [-0.39, 0.29) is 11.9 Å². The van der Waals surface area contributed by atoms with Gasteiger partial charge in [0.05, 0.1) is 18.9 Å². The van der Waals surface area contributed by atoms with Gasteiger partial charge in [-0.15, -0.1) is 10.2 Å². The van der Waals surface area contributed by atoms with Gasteiger partial charge in [0.25, 0.3) is 0 Å². The first-order valence-corrected chi connectivity index (χ1v) is 9.70. The Balaban J connectivity index is 1.59. The van der Waals surface area contributed by atoms with Crippen molar-refractivity contribution < 1.29 is 13.9 Å². The topological polar surface area (TPSA) is 85.4 Å². The fraction of sp³-hybridized carbons (Fsp3) is 0.550. The van der Waals surface area contributed by atoms with Gasteiger partial charge in [-0.25, -0.2) is 0 Å². The molecule has 0 bridgehead atoms. The number of hydrogen-bond acceptors (Lipinski definition) is 6. The highest BCUT2D eigenvalue weighted by Crippen LogP contribution is 2.17. The Labute approximate surface area is 165 Å². The van der Waals surface area contributed by atoms with E-state index in [2.05, 4.69) is 38.0 Å². The molecule has 152 valence electrons. The van der Waals surface area contributed by atoms with Gasteiger partial charge in [0.2, 0.25) is 5.91 Å². The predicted molar refractivity (Wildman–Crippen MR) is 106 cm³/mol. The van der Waals surface area contributed by atoms with Crippen molar-refractivity contribution in [3.63, 3.8) is 0 Å². The van der Waals surface area contributed by atoms with E-state index in [9.17, 15) is 4.79 Å². The summed E-state index contributed by atoms with van der Waals surface area (Å²) in [4.78, 5) is 14.4. The number of fused-ring (bicyclic) bond motifs is 1. The number of hydrogen-bond donors (Lipinski definition) is 1. The quantitative estimate of drug-likeness (QED) is 0.746. The molecule has 0 saturated heterocycles. The van der Waals surface area contributed by atoms with E-state index in [0.717, 1.165) is 50.0 Å². The lowest BCUT2D eigenvalue weighted by Crippen LogP contribution is -2.31. The fourth-order valence-corrected chi connectivity index (χ4v) is 3.46. The van der Waals surface area contributed by atoms with E-state index in [4.69, 9.17) is 9.15 Å². The van der Waals surface area contributed by atoms with Crippen LogP contribution in [0, 0.1) is 0 Å². The van der Waals surface area contributed by atoms with Crippen LogP contribution in [-0.4, -0.2) is 58.9 Å². The Morgan fingerprint density at radius 1 is 1.39 bits per heavy atom. The second-order valence-corrected chi connectivity index (χ2v) is 7.19. The molecule has 1 unspecified atom stereocenters. The van der Waals surface area contributed by atoms with Crippen LogP contribution >= 0.6 is 0 Å². The summed E-state index contributed by atoms with van der Waals surface area (Å²) < 4.78 is 12.5. The Morgan fingerprint density at radius 3 is 3.00 bits per heavy atom. The molecule has 1 aliphatic heterocycles. The maximum absolute atomic E-state index is 12.0. The van der Waals surface area contributed by atoms with Gasteiger partial charge in [0.15, 0.2) is 5.82 Å². The Hall–Kier alpha value is -2.45. The lowest BCUT2D eigenvalue weighted by molar-refractivity contribution is -0.122. The van der Waals surface area contributed by atoms with E-state index in [1.807, 2.05) is 19.1 Å². The van der Waals surface area contributed by atoms with Gasteiger partial charge in [0, 0.05) is 46.1 Å². The van der Waals surface area contributed by atoms with Crippen LogP contribution in [0.3, 0.4) is 0 Å². The second kappa shape index (κ2) is 9.66. The summed E-state index contributed by atoms with van der Waals surface area (Å²) in [7, 11) is 1.59. The van der Waals surface area contributed by atoms with Crippen molar-refractivity contribution in [2.75, 3.05) is 33.4 Å². The molecule has 3 heterocycles. The number of aromatic nitrogens is 3. The van der Waals surface area contributed by atoms with Crippen molar-refractivity contribution in [3.05, 3.63) is 41.4 Å². The number of nitrogens with zero attached hydrogens (tertiary/aromatic N) is 4. The molecule has 0 fully saturated rings. The van der Waals surface area contributed by atoms with Gasteiger partial charge in [-0.3, -0.25) is 9.69 Å². The zero-order chi connectivity index (χ0) is 19.9. The summed E-state index contributed by atoms with van der Waals surface area (Å²) in [6, 6.07) is 3.67. The van der Waals surface area contributed by atoms with Crippen molar-refractivity contribution >= 4 is 12.0 Å². The van der Waals surface area contributed by atoms with E-state index in [1.54, 1.807) is 13.4 Å². The second-order valence-electron chi connectivity index (χ2n) is 7.19. The fourth-order valence-electron chi connectivity index (χ4n) is 3.46. The number of ether oxygens (including phenoxy) is 1. The van der Waals surface area contributed by atoms with Gasteiger partial charge < -0.3 is 19.0 Å². The minimum Gasteiger partial charge on any atom is -0.465 e. The first kappa shape index (κ1) is 20.3. The minimum absolute atomic E-state index is 0.0411. The first-order valence-electron chi connectivity index (χ1n) is 9.70. The highest BCUT2D eigenvalue weighted by molar-refractivity contribution is 5.76. The SMILES string of the molecule is COCCC(=O)NC(C)c1nnc2n1CCN(CC(C)=Cc1ccco1)CC2. The molecular weight excluding hydrogens is 358 g/mol. The van der Waals surface area contributed by atoms with Crippen molar-refractivity contribution in [2.45, 2.75) is 39.3 Å². The molecule has 1 amide bonds. The highest BCUT2D eigenvalue weighted by Gasteiger charge is 2.22. The largest absolute Gasteiger partial charge is 0.465 e. The van der Waals surface area contributed by atoms with Gasteiger partial charge in [-0.2, -0.15) is 0 Å². The Kier molecular flexibility index (Phi) is 7.00. The van der Waals surface area contributed by atoms with E-state index in [1.165, 1.54) is 5.57 Å². The molecular formula is C20H29N5O3. The molecule has 0 aromatic carbocycles. The summed E-state index contributed by atoms with van der Waals surface area (Å²) in [5.41, 5.74) is 1.26. The Morgan fingerprint density at radius 2 is 2.25 bits per heavy atom. The number of rotatable bonds is 8. The van der Waals surface area contributed by atoms with Crippen LogP contribution in [0.2, 0.25) is 0 Å². The van der Waals surface area contributed by atoms with Gasteiger partial charge >= 0.3 is 0 Å². The molecule has 0 saturated carbocycles. The van der Waals surface area contributed by atoms with Gasteiger partial charge in [-0.1, -0.05) is 5.57 Å². The number of carbonyl (C=O) groups is 1. The van der Waals surface area contributed by atoms with Gasteiger partial charge in [-0.05, 0) is 32.1 Å². The standard InChI is InChI=1S/C20H29N5O3/c1-15(13-17-5-4-11-28-17)14-24-8-6-18-22-23-20(25(18)10-9-24)16(2)21-19(26)7-12-27-3/h4-5,11,13,16H,6-10,12,14H2,1-3H3,(H,21,26). The summed E-state index contributed by atoms with van der Waals surface area (Å²) in [5.74, 6) is 2.62. The van der Waals surface area contributed by atoms with Crippen LogP contribution in [0.4, 0.5) is 0 Å². The van der Waals surface area contributed by atoms with Gasteiger partial charge in [0.1, 0.15) is 11.6 Å². The lowest BCUT2D eigenvalue weighted by Gasteiger charge is -2.20. The number of nitrogens with one attached hydrogen (secondary N) is 1. The smallest absolute Gasteiger partial charge is 0.222 e. The third-order valence-corrected chi connectivity index (χ3v) is 4.85. The molecule has 8 nitrogen and oxygen atoms in total. The van der Waals surface area contributed by atoms with Crippen LogP contribution in [-0.2, 0) is 22.5 Å². The molecule has 1 N–H and O–H groups in total. The number of carbonyl (C=O) groups excluding carboxylic acids is 1. The molecule has 8 heteroatoms. The molecule has 1 atom stereocenters. The molecule has 3 rings (SSSR count). The average Bonchev–Trinajstić information content (AvgIpc) is 3.27. The highest BCUT2D eigenvalue weighted by atomic mass is 16.5. The minimum atomic E-state index is -0.183. The monoisotopic (exact) mass is 387 g/mol. The summed E-state index contributed by atoms with van der Waals surface area (Å²) >= 11 is 0. The van der Waals surface area contributed by atoms with E-state index in [0.29, 0.717) is 13.0 Å². The normalized spacial score (nSPS) is 16.5. The third-order valence-electron chi connectivity index (χ3n) is 4.85. The van der Waals surface area contributed by atoms with Crippen molar-refractivity contribution in [3.8, 4) is 0 Å². The molecule has 0 aliphatic carbocycles. The molecule has 0 spiro atoms. The van der Waals surface area contributed by atoms with E-state index < -0.39 is 0 Å². The third kappa shape index (κ3) is 5.30. The molecule has 2 aromatic rings. The molecule has 28 heavy (non-hydrogen) atoms. The lowest BCUT2D eigenvalue weighted by atomic mass is 10.2. The van der Waals surface area contributed by atoms with Crippen molar-refractivity contribution in [1.29, 1.82) is 0 Å². The number of furan rings is 1. The van der Waals surface area contributed by atoms with Crippen molar-refractivity contribution in [1.82, 2.24) is 25.0 Å². The maximum Gasteiger partial charge on any atom is 0.222 e. The average molecular weight is 387 g/mol. The predicted octanol–water partition coefficient (Wildman–Crippen LogP) is 2.05. The van der Waals surface area contributed by atoms with Crippen LogP contribution < -0.4 is 5.32 Å². The number of amides is 1. The van der Waals surface area contributed by atoms with Crippen molar-refractivity contribution in [2.24, 2.45) is 0 Å². The zero-order valence-corrected chi connectivity index (χ0v) is 16.9. The molecule has 0 radical (unpaired) electrons. The van der Waals surface area contributed by atoms with Crippen LogP contribution in [0.25, 0.3) is 6.08 Å². The van der Waals surface area contributed by atoms with E-state index >= 15 is 0 Å². The first-order chi connectivity index (χ1) is 13.6. The summed E-state index contributed by atoms with van der Waals surface area (Å²) in [6.45, 7) is 8.01. The zero-order valence-electron chi connectivity index (χ0n) is 16.9.